The largest absolute Gasteiger partial charge is 0.469 e. The van der Waals surface area contributed by atoms with Crippen LogP contribution < -0.4 is 5.73 Å². The van der Waals surface area contributed by atoms with E-state index in [9.17, 15) is 13.6 Å². The van der Waals surface area contributed by atoms with Gasteiger partial charge in [-0.1, -0.05) is 0 Å². The predicted molar refractivity (Wildman–Crippen MR) is 47.0 cm³/mol. The second-order valence-electron chi connectivity index (χ2n) is 3.97. The van der Waals surface area contributed by atoms with E-state index in [1.807, 2.05) is 0 Å². The van der Waals surface area contributed by atoms with E-state index in [0.717, 1.165) is 0 Å². The van der Waals surface area contributed by atoms with E-state index >= 15 is 0 Å². The Kier molecular flexibility index (Phi) is 3.09. The van der Waals surface area contributed by atoms with Gasteiger partial charge in [0.15, 0.2) is 0 Å². The van der Waals surface area contributed by atoms with Crippen LogP contribution in [0.5, 0.6) is 0 Å². The van der Waals surface area contributed by atoms with Crippen LogP contribution in [0.25, 0.3) is 0 Å². The fraction of sp³-hybridized carbons (Fsp3) is 0.889. The summed E-state index contributed by atoms with van der Waals surface area (Å²) < 4.78 is 30.1. The molecule has 2 N–H and O–H groups in total. The Morgan fingerprint density at radius 1 is 1.36 bits per heavy atom. The molecule has 0 aromatic heterocycles. The number of hydrogen-bond donors (Lipinski definition) is 1. The number of hydrogen-bond acceptors (Lipinski definition) is 3. The van der Waals surface area contributed by atoms with Gasteiger partial charge < -0.3 is 10.5 Å². The van der Waals surface area contributed by atoms with Gasteiger partial charge in [-0.05, 0) is 12.8 Å². The first-order valence-electron chi connectivity index (χ1n) is 4.60. The monoisotopic (exact) mass is 207 g/mol. The van der Waals surface area contributed by atoms with Crippen molar-refractivity contribution < 1.29 is 18.3 Å². The number of rotatable bonds is 2. The zero-order chi connectivity index (χ0) is 10.8. The summed E-state index contributed by atoms with van der Waals surface area (Å²) >= 11 is 0. The second kappa shape index (κ2) is 3.81. The summed E-state index contributed by atoms with van der Waals surface area (Å²) in [7, 11) is 1.27. The maximum absolute atomic E-state index is 12.8. The quantitative estimate of drug-likeness (QED) is 0.697. The van der Waals surface area contributed by atoms with E-state index in [2.05, 4.69) is 4.74 Å². The summed E-state index contributed by atoms with van der Waals surface area (Å²) in [6.07, 6.45) is -0.0925. The second-order valence-corrected chi connectivity index (χ2v) is 3.97. The lowest BCUT2D eigenvalue weighted by Gasteiger charge is -2.36. The number of ether oxygens (including phenoxy) is 1. The van der Waals surface area contributed by atoms with Crippen molar-refractivity contribution in [2.45, 2.75) is 43.6 Å². The molecule has 1 aliphatic carbocycles. The number of carbonyl (C=O) groups excluding carboxylic acids is 1. The SMILES string of the molecule is COC(=O)CC1(N)CCC(F)(F)CC1. The van der Waals surface area contributed by atoms with Crippen molar-refractivity contribution >= 4 is 5.97 Å². The Bertz CT molecular complexity index is 221. The molecule has 0 heterocycles. The van der Waals surface area contributed by atoms with Crippen molar-refractivity contribution in [3.8, 4) is 0 Å². The molecule has 0 saturated heterocycles. The van der Waals surface area contributed by atoms with Gasteiger partial charge in [-0.2, -0.15) is 0 Å². The number of halogens is 2. The van der Waals surface area contributed by atoms with Crippen LogP contribution in [0, 0.1) is 0 Å². The topological polar surface area (TPSA) is 52.3 Å². The smallest absolute Gasteiger partial charge is 0.307 e. The summed E-state index contributed by atoms with van der Waals surface area (Å²) in [6, 6.07) is 0. The van der Waals surface area contributed by atoms with Crippen molar-refractivity contribution in [2.24, 2.45) is 5.73 Å². The first-order chi connectivity index (χ1) is 6.37. The van der Waals surface area contributed by atoms with Crippen LogP contribution in [0.1, 0.15) is 32.1 Å². The van der Waals surface area contributed by atoms with Gasteiger partial charge in [-0.3, -0.25) is 4.79 Å². The van der Waals surface area contributed by atoms with E-state index in [4.69, 9.17) is 5.73 Å². The lowest BCUT2D eigenvalue weighted by molar-refractivity contribution is -0.143. The van der Waals surface area contributed by atoms with Gasteiger partial charge in [-0.25, -0.2) is 8.78 Å². The third kappa shape index (κ3) is 2.90. The zero-order valence-electron chi connectivity index (χ0n) is 8.19. The molecule has 3 nitrogen and oxygen atoms in total. The van der Waals surface area contributed by atoms with E-state index in [-0.39, 0.29) is 32.1 Å². The first kappa shape index (κ1) is 11.4. The average molecular weight is 207 g/mol. The summed E-state index contributed by atoms with van der Waals surface area (Å²) in [5.74, 6) is -3.04. The van der Waals surface area contributed by atoms with Gasteiger partial charge in [0, 0.05) is 18.4 Å². The maximum atomic E-state index is 12.8. The highest BCUT2D eigenvalue weighted by atomic mass is 19.3. The molecule has 1 rings (SSSR count). The van der Waals surface area contributed by atoms with Gasteiger partial charge in [0.1, 0.15) is 0 Å². The minimum atomic E-state index is -2.61. The van der Waals surface area contributed by atoms with Crippen molar-refractivity contribution in [1.29, 1.82) is 0 Å². The van der Waals surface area contributed by atoms with Gasteiger partial charge in [-0.15, -0.1) is 0 Å². The van der Waals surface area contributed by atoms with Crippen LogP contribution >= 0.6 is 0 Å². The number of methoxy groups -OCH3 is 1. The third-order valence-corrected chi connectivity index (χ3v) is 2.70. The minimum absolute atomic E-state index is 0.0274. The number of esters is 1. The van der Waals surface area contributed by atoms with Crippen LogP contribution in [-0.4, -0.2) is 24.5 Å². The third-order valence-electron chi connectivity index (χ3n) is 2.70. The highest BCUT2D eigenvalue weighted by Gasteiger charge is 2.42. The number of nitrogens with two attached hydrogens (primary N) is 1. The molecule has 82 valence electrons. The van der Waals surface area contributed by atoms with Crippen molar-refractivity contribution in [3.05, 3.63) is 0 Å². The maximum Gasteiger partial charge on any atom is 0.307 e. The molecule has 0 amide bonds. The van der Waals surface area contributed by atoms with Crippen LogP contribution in [-0.2, 0) is 9.53 Å². The highest BCUT2D eigenvalue weighted by molar-refractivity contribution is 5.70. The minimum Gasteiger partial charge on any atom is -0.469 e. The molecule has 0 aromatic carbocycles. The van der Waals surface area contributed by atoms with E-state index in [0.29, 0.717) is 0 Å². The molecule has 5 heteroatoms. The molecule has 0 bridgehead atoms. The number of carbonyl (C=O) groups is 1. The van der Waals surface area contributed by atoms with E-state index in [1.165, 1.54) is 7.11 Å². The molecule has 0 spiro atoms. The van der Waals surface area contributed by atoms with Crippen LogP contribution in [0.2, 0.25) is 0 Å². The molecule has 0 radical (unpaired) electrons. The Morgan fingerprint density at radius 2 is 1.86 bits per heavy atom. The predicted octanol–water partition coefficient (Wildman–Crippen LogP) is 1.46. The molecule has 1 saturated carbocycles. The van der Waals surface area contributed by atoms with Gasteiger partial charge in [0.05, 0.1) is 13.5 Å². The Morgan fingerprint density at radius 3 is 2.29 bits per heavy atom. The Labute approximate surface area is 81.6 Å². The first-order valence-corrected chi connectivity index (χ1v) is 4.60. The molecular weight excluding hydrogens is 192 g/mol. The fourth-order valence-corrected chi connectivity index (χ4v) is 1.65. The van der Waals surface area contributed by atoms with E-state index < -0.39 is 17.4 Å². The lowest BCUT2D eigenvalue weighted by Crippen LogP contribution is -2.47. The van der Waals surface area contributed by atoms with Crippen LogP contribution in [0.15, 0.2) is 0 Å². The molecule has 0 unspecified atom stereocenters. The van der Waals surface area contributed by atoms with Crippen molar-refractivity contribution in [2.75, 3.05) is 7.11 Å². The van der Waals surface area contributed by atoms with Crippen molar-refractivity contribution in [1.82, 2.24) is 0 Å². The van der Waals surface area contributed by atoms with Crippen LogP contribution in [0.3, 0.4) is 0 Å². The standard InChI is InChI=1S/C9H15F2NO2/c1-14-7(13)6-8(12)2-4-9(10,11)5-3-8/h2-6,12H2,1H3. The normalized spacial score (nSPS) is 24.3. The zero-order valence-corrected chi connectivity index (χ0v) is 8.19. The molecular formula is C9H15F2NO2. The van der Waals surface area contributed by atoms with Gasteiger partial charge in [0.2, 0.25) is 5.92 Å². The van der Waals surface area contributed by atoms with Crippen LogP contribution in [0.4, 0.5) is 8.78 Å². The highest BCUT2D eigenvalue weighted by Crippen LogP contribution is 2.38. The molecule has 1 fully saturated rings. The molecule has 0 atom stereocenters. The molecule has 1 aliphatic rings. The fourth-order valence-electron chi connectivity index (χ4n) is 1.65. The average Bonchev–Trinajstić information content (AvgIpc) is 2.11. The Hall–Kier alpha value is -0.710. The molecule has 14 heavy (non-hydrogen) atoms. The molecule has 0 aliphatic heterocycles. The number of alkyl halides is 2. The van der Waals surface area contributed by atoms with Gasteiger partial charge in [0.25, 0.3) is 0 Å². The lowest BCUT2D eigenvalue weighted by atomic mass is 9.78. The van der Waals surface area contributed by atoms with E-state index in [1.54, 1.807) is 0 Å². The summed E-state index contributed by atoms with van der Waals surface area (Å²) in [6.45, 7) is 0. The van der Waals surface area contributed by atoms with Crippen molar-refractivity contribution in [3.63, 3.8) is 0 Å². The summed E-state index contributed by atoms with van der Waals surface area (Å²) in [5, 5.41) is 0. The summed E-state index contributed by atoms with van der Waals surface area (Å²) in [5.41, 5.74) is 5.03. The Balaban J connectivity index is 2.49. The van der Waals surface area contributed by atoms with Gasteiger partial charge >= 0.3 is 5.97 Å². The summed E-state index contributed by atoms with van der Waals surface area (Å²) in [4.78, 5) is 11.0. The molecule has 0 aromatic rings.